The normalized spacial score (nSPS) is 11.3. The predicted octanol–water partition coefficient (Wildman–Crippen LogP) is 5.64. The molecule has 0 saturated carbocycles. The second kappa shape index (κ2) is 7.21. The molecule has 0 radical (unpaired) electrons. The minimum Gasteiger partial charge on any atom is -0.502 e. The van der Waals surface area contributed by atoms with Crippen LogP contribution in [0.2, 0.25) is 0 Å². The standard InChI is InChI=1S/C21H15N3O3S/c1-13-10-15(20(25)18(11-13)24(26)27)12-22-16-8-6-14(7-9-16)21-23-17-4-2-3-5-19(17)28-21/h2-12,25H,1H3. The maximum Gasteiger partial charge on any atom is 0.311 e. The summed E-state index contributed by atoms with van der Waals surface area (Å²) in [6.45, 7) is 1.73. The Kier molecular flexibility index (Phi) is 4.58. The molecule has 4 aromatic rings. The van der Waals surface area contributed by atoms with Crippen LogP contribution in [0.5, 0.6) is 5.75 Å². The van der Waals surface area contributed by atoms with Gasteiger partial charge in [-0.1, -0.05) is 12.1 Å². The predicted molar refractivity (Wildman–Crippen MR) is 112 cm³/mol. The van der Waals surface area contributed by atoms with Crippen LogP contribution < -0.4 is 0 Å². The van der Waals surface area contributed by atoms with Crippen LogP contribution in [0.4, 0.5) is 11.4 Å². The van der Waals surface area contributed by atoms with Crippen molar-refractivity contribution in [2.24, 2.45) is 4.99 Å². The summed E-state index contributed by atoms with van der Waals surface area (Å²) in [6.07, 6.45) is 1.43. The van der Waals surface area contributed by atoms with Gasteiger partial charge in [-0.05, 0) is 55.0 Å². The van der Waals surface area contributed by atoms with Gasteiger partial charge in [-0.2, -0.15) is 0 Å². The lowest BCUT2D eigenvalue weighted by Crippen LogP contribution is -1.93. The number of hydrogen-bond donors (Lipinski definition) is 1. The van der Waals surface area contributed by atoms with Crippen molar-refractivity contribution < 1.29 is 10.0 Å². The lowest BCUT2D eigenvalue weighted by atomic mass is 10.1. The molecule has 1 heterocycles. The van der Waals surface area contributed by atoms with Crippen molar-refractivity contribution in [1.82, 2.24) is 4.98 Å². The van der Waals surface area contributed by atoms with E-state index in [1.54, 1.807) is 24.3 Å². The number of nitro benzene ring substituents is 1. The number of thiazole rings is 1. The molecule has 0 amide bonds. The van der Waals surface area contributed by atoms with Gasteiger partial charge < -0.3 is 5.11 Å². The molecule has 4 rings (SSSR count). The molecule has 0 spiro atoms. The van der Waals surface area contributed by atoms with E-state index in [0.717, 1.165) is 20.8 Å². The highest BCUT2D eigenvalue weighted by Gasteiger charge is 2.17. The van der Waals surface area contributed by atoms with E-state index in [1.807, 2.05) is 48.5 Å². The van der Waals surface area contributed by atoms with Crippen molar-refractivity contribution >= 4 is 39.1 Å². The molecule has 28 heavy (non-hydrogen) atoms. The second-order valence-corrected chi connectivity index (χ2v) is 7.30. The Morgan fingerprint density at radius 3 is 2.61 bits per heavy atom. The quantitative estimate of drug-likeness (QED) is 0.278. The number of nitrogens with zero attached hydrogens (tertiary/aromatic N) is 3. The van der Waals surface area contributed by atoms with Crippen LogP contribution in [0, 0.1) is 17.0 Å². The number of rotatable bonds is 4. The van der Waals surface area contributed by atoms with Crippen LogP contribution in [0.1, 0.15) is 11.1 Å². The number of aryl methyl sites for hydroxylation is 1. The Balaban J connectivity index is 1.60. The van der Waals surface area contributed by atoms with Gasteiger partial charge in [0.25, 0.3) is 0 Å². The van der Waals surface area contributed by atoms with Gasteiger partial charge in [0, 0.05) is 23.4 Å². The van der Waals surface area contributed by atoms with Crippen molar-refractivity contribution in [2.75, 3.05) is 0 Å². The second-order valence-electron chi connectivity index (χ2n) is 6.27. The van der Waals surface area contributed by atoms with E-state index < -0.39 is 4.92 Å². The third-order valence-electron chi connectivity index (χ3n) is 4.22. The minimum atomic E-state index is -0.605. The maximum absolute atomic E-state index is 11.0. The molecular weight excluding hydrogens is 374 g/mol. The van der Waals surface area contributed by atoms with Crippen molar-refractivity contribution in [3.05, 3.63) is 81.9 Å². The van der Waals surface area contributed by atoms with Gasteiger partial charge >= 0.3 is 5.69 Å². The van der Waals surface area contributed by atoms with Gasteiger partial charge in [-0.3, -0.25) is 15.1 Å². The summed E-state index contributed by atoms with van der Waals surface area (Å²) in [4.78, 5) is 19.4. The van der Waals surface area contributed by atoms with Gasteiger partial charge in [0.15, 0.2) is 0 Å². The molecule has 0 saturated heterocycles. The van der Waals surface area contributed by atoms with Crippen LogP contribution in [0.25, 0.3) is 20.8 Å². The highest BCUT2D eigenvalue weighted by Crippen LogP contribution is 2.32. The third kappa shape index (κ3) is 3.47. The molecule has 3 aromatic carbocycles. The lowest BCUT2D eigenvalue weighted by molar-refractivity contribution is -0.385. The zero-order valence-electron chi connectivity index (χ0n) is 14.9. The fourth-order valence-corrected chi connectivity index (χ4v) is 3.83. The van der Waals surface area contributed by atoms with Crippen molar-refractivity contribution in [3.63, 3.8) is 0 Å². The maximum atomic E-state index is 11.0. The highest BCUT2D eigenvalue weighted by molar-refractivity contribution is 7.21. The number of fused-ring (bicyclic) bond motifs is 1. The average Bonchev–Trinajstić information content (AvgIpc) is 3.13. The first kappa shape index (κ1) is 17.8. The molecule has 0 unspecified atom stereocenters. The Labute approximate surface area is 164 Å². The summed E-state index contributed by atoms with van der Waals surface area (Å²) in [5.74, 6) is -0.384. The fraction of sp³-hybridized carbons (Fsp3) is 0.0476. The van der Waals surface area contributed by atoms with E-state index >= 15 is 0 Å². The molecule has 7 heteroatoms. The Bertz CT molecular complexity index is 1180. The van der Waals surface area contributed by atoms with Crippen molar-refractivity contribution in [3.8, 4) is 16.3 Å². The van der Waals surface area contributed by atoms with Crippen LogP contribution >= 0.6 is 11.3 Å². The Hall–Kier alpha value is -3.58. The van der Waals surface area contributed by atoms with E-state index in [0.29, 0.717) is 16.8 Å². The number of aliphatic imine (C=N–C) groups is 1. The van der Waals surface area contributed by atoms with E-state index in [4.69, 9.17) is 0 Å². The Morgan fingerprint density at radius 2 is 1.89 bits per heavy atom. The average molecular weight is 389 g/mol. The number of hydrogen-bond acceptors (Lipinski definition) is 6. The Morgan fingerprint density at radius 1 is 1.14 bits per heavy atom. The molecule has 6 nitrogen and oxygen atoms in total. The van der Waals surface area contributed by atoms with Crippen LogP contribution in [-0.2, 0) is 0 Å². The van der Waals surface area contributed by atoms with Gasteiger partial charge in [0.2, 0.25) is 5.75 Å². The highest BCUT2D eigenvalue weighted by atomic mass is 32.1. The topological polar surface area (TPSA) is 88.6 Å². The zero-order chi connectivity index (χ0) is 19.7. The summed E-state index contributed by atoms with van der Waals surface area (Å²) in [7, 11) is 0. The van der Waals surface area contributed by atoms with E-state index in [-0.39, 0.29) is 11.4 Å². The van der Waals surface area contributed by atoms with E-state index in [1.165, 1.54) is 12.3 Å². The lowest BCUT2D eigenvalue weighted by Gasteiger charge is -2.02. The molecule has 1 aromatic heterocycles. The molecule has 0 fully saturated rings. The third-order valence-corrected chi connectivity index (χ3v) is 5.31. The summed E-state index contributed by atoms with van der Waals surface area (Å²) in [5, 5.41) is 22.1. The monoisotopic (exact) mass is 389 g/mol. The van der Waals surface area contributed by atoms with Gasteiger partial charge in [0.05, 0.1) is 20.8 Å². The van der Waals surface area contributed by atoms with Crippen molar-refractivity contribution in [2.45, 2.75) is 6.92 Å². The summed E-state index contributed by atoms with van der Waals surface area (Å²) in [5.41, 5.74) is 3.30. The first-order valence-electron chi connectivity index (χ1n) is 8.49. The number of phenolic OH excluding ortho intramolecular Hbond substituents is 1. The number of phenols is 1. The molecule has 0 aliphatic rings. The molecular formula is C21H15N3O3S. The van der Waals surface area contributed by atoms with Crippen LogP contribution in [0.3, 0.4) is 0 Å². The first-order valence-corrected chi connectivity index (χ1v) is 9.31. The van der Waals surface area contributed by atoms with Crippen molar-refractivity contribution in [1.29, 1.82) is 0 Å². The number of para-hydroxylation sites is 1. The van der Waals surface area contributed by atoms with Crippen LogP contribution in [0.15, 0.2) is 65.7 Å². The number of benzene rings is 3. The summed E-state index contributed by atoms with van der Waals surface area (Å²) in [6, 6.07) is 18.5. The zero-order valence-corrected chi connectivity index (χ0v) is 15.7. The van der Waals surface area contributed by atoms with E-state index in [2.05, 4.69) is 9.98 Å². The molecule has 138 valence electrons. The minimum absolute atomic E-state index is 0.307. The fourth-order valence-electron chi connectivity index (χ4n) is 2.85. The summed E-state index contributed by atoms with van der Waals surface area (Å²) < 4.78 is 1.14. The molecule has 0 aliphatic carbocycles. The van der Waals surface area contributed by atoms with E-state index in [9.17, 15) is 15.2 Å². The largest absolute Gasteiger partial charge is 0.502 e. The van der Waals surface area contributed by atoms with Gasteiger partial charge in [0.1, 0.15) is 5.01 Å². The smallest absolute Gasteiger partial charge is 0.311 e. The number of aromatic hydroxyl groups is 1. The van der Waals surface area contributed by atoms with Gasteiger partial charge in [-0.25, -0.2) is 4.98 Å². The molecule has 0 atom stereocenters. The SMILES string of the molecule is Cc1cc(C=Nc2ccc(-c3nc4ccccc4s3)cc2)c(O)c([N+](=O)[O-])c1. The molecule has 0 aliphatic heterocycles. The first-order chi connectivity index (χ1) is 13.5. The molecule has 1 N–H and O–H groups in total. The molecule has 0 bridgehead atoms. The van der Waals surface area contributed by atoms with Gasteiger partial charge in [-0.15, -0.1) is 11.3 Å². The van der Waals surface area contributed by atoms with Crippen LogP contribution in [-0.4, -0.2) is 21.2 Å². The summed E-state index contributed by atoms with van der Waals surface area (Å²) >= 11 is 1.63. The number of nitro groups is 1. The number of aromatic nitrogens is 1.